The van der Waals surface area contributed by atoms with Crippen molar-refractivity contribution in [3.8, 4) is 5.75 Å². The fourth-order valence-corrected chi connectivity index (χ4v) is 1.59. The van der Waals surface area contributed by atoms with Crippen LogP contribution in [0.5, 0.6) is 5.75 Å². The minimum Gasteiger partial charge on any atom is -0.494 e. The van der Waals surface area contributed by atoms with Crippen LogP contribution in [0.25, 0.3) is 0 Å². The monoisotopic (exact) mass is 233 g/mol. The van der Waals surface area contributed by atoms with Crippen LogP contribution in [0.3, 0.4) is 0 Å². The summed E-state index contributed by atoms with van der Waals surface area (Å²) in [6.07, 6.45) is 3.98. The van der Waals surface area contributed by atoms with Crippen LogP contribution in [0.1, 0.15) is 32.3 Å². The molecular formula is C15H23NO. The van der Waals surface area contributed by atoms with Gasteiger partial charge in [-0.25, -0.2) is 0 Å². The van der Waals surface area contributed by atoms with Crippen LogP contribution in [0.15, 0.2) is 36.9 Å². The highest BCUT2D eigenvalue weighted by Gasteiger charge is 2.00. The van der Waals surface area contributed by atoms with E-state index in [2.05, 4.69) is 37.9 Å². The molecule has 0 aromatic heterocycles. The van der Waals surface area contributed by atoms with Crippen molar-refractivity contribution >= 4 is 0 Å². The number of nitrogens with one attached hydrogen (secondary N) is 1. The van der Waals surface area contributed by atoms with E-state index in [9.17, 15) is 0 Å². The summed E-state index contributed by atoms with van der Waals surface area (Å²) < 4.78 is 5.61. The predicted octanol–water partition coefficient (Wildman–Crippen LogP) is 3.53. The zero-order valence-corrected chi connectivity index (χ0v) is 10.9. The van der Waals surface area contributed by atoms with Gasteiger partial charge in [0.1, 0.15) is 5.75 Å². The van der Waals surface area contributed by atoms with Gasteiger partial charge in [-0.1, -0.05) is 25.1 Å². The van der Waals surface area contributed by atoms with Crippen molar-refractivity contribution in [2.45, 2.75) is 39.3 Å². The highest BCUT2D eigenvalue weighted by Crippen LogP contribution is 2.13. The lowest BCUT2D eigenvalue weighted by atomic mass is 10.2. The largest absolute Gasteiger partial charge is 0.494 e. The Balaban J connectivity index is 2.44. The molecule has 0 bridgehead atoms. The van der Waals surface area contributed by atoms with E-state index in [1.807, 2.05) is 18.2 Å². The van der Waals surface area contributed by atoms with E-state index < -0.39 is 0 Å². The van der Waals surface area contributed by atoms with Crippen LogP contribution < -0.4 is 10.1 Å². The lowest BCUT2D eigenvalue weighted by Crippen LogP contribution is -2.24. The molecule has 0 fully saturated rings. The first-order valence-corrected chi connectivity index (χ1v) is 6.32. The average Bonchev–Trinajstić information content (AvgIpc) is 2.35. The van der Waals surface area contributed by atoms with Gasteiger partial charge in [0.15, 0.2) is 0 Å². The third kappa shape index (κ3) is 5.55. The van der Waals surface area contributed by atoms with Crippen LogP contribution in [0.2, 0.25) is 0 Å². The Morgan fingerprint density at radius 3 is 3.00 bits per heavy atom. The Kier molecular flexibility index (Phi) is 6.41. The van der Waals surface area contributed by atoms with Crippen molar-refractivity contribution in [3.63, 3.8) is 0 Å². The summed E-state index contributed by atoms with van der Waals surface area (Å²) in [5.74, 6) is 0.961. The van der Waals surface area contributed by atoms with Crippen LogP contribution >= 0.6 is 0 Å². The van der Waals surface area contributed by atoms with Crippen LogP contribution in [-0.2, 0) is 6.54 Å². The normalized spacial score (nSPS) is 12.1. The van der Waals surface area contributed by atoms with Gasteiger partial charge < -0.3 is 10.1 Å². The standard InChI is InChI=1S/C15H23NO/c1-4-7-13(3)16-12-14-8-6-9-15(11-14)17-10-5-2/h4,6,8-9,11,13,16H,1,5,7,10,12H2,2-3H3. The number of rotatable bonds is 8. The van der Waals surface area contributed by atoms with Gasteiger partial charge >= 0.3 is 0 Å². The molecule has 94 valence electrons. The second-order valence-corrected chi connectivity index (χ2v) is 4.30. The van der Waals surface area contributed by atoms with Crippen molar-refractivity contribution in [1.82, 2.24) is 5.32 Å². The maximum absolute atomic E-state index is 5.61. The quantitative estimate of drug-likeness (QED) is 0.694. The van der Waals surface area contributed by atoms with Gasteiger partial charge in [-0.15, -0.1) is 6.58 Å². The first kappa shape index (κ1) is 13.8. The SMILES string of the molecule is C=CCC(C)NCc1cccc(OCCC)c1. The molecule has 0 saturated heterocycles. The molecule has 1 N–H and O–H groups in total. The number of hydrogen-bond donors (Lipinski definition) is 1. The van der Waals surface area contributed by atoms with E-state index in [1.54, 1.807) is 0 Å². The molecule has 2 nitrogen and oxygen atoms in total. The molecule has 0 aliphatic carbocycles. The van der Waals surface area contributed by atoms with Crippen molar-refractivity contribution in [1.29, 1.82) is 0 Å². The Labute approximate surface area is 105 Å². The van der Waals surface area contributed by atoms with Crippen LogP contribution in [-0.4, -0.2) is 12.6 Å². The Bertz CT molecular complexity index is 335. The Morgan fingerprint density at radius 2 is 2.29 bits per heavy atom. The molecule has 1 aromatic rings. The Hall–Kier alpha value is -1.28. The third-order valence-corrected chi connectivity index (χ3v) is 2.55. The van der Waals surface area contributed by atoms with E-state index in [4.69, 9.17) is 4.74 Å². The summed E-state index contributed by atoms with van der Waals surface area (Å²) in [5.41, 5.74) is 1.26. The molecule has 0 amide bonds. The molecular weight excluding hydrogens is 210 g/mol. The lowest BCUT2D eigenvalue weighted by molar-refractivity contribution is 0.317. The van der Waals surface area contributed by atoms with Gasteiger partial charge in [0.25, 0.3) is 0 Å². The molecule has 0 radical (unpaired) electrons. The first-order valence-electron chi connectivity index (χ1n) is 6.32. The first-order chi connectivity index (χ1) is 8.26. The van der Waals surface area contributed by atoms with Crippen molar-refractivity contribution < 1.29 is 4.74 Å². The van der Waals surface area contributed by atoms with Crippen LogP contribution in [0.4, 0.5) is 0 Å². The second-order valence-electron chi connectivity index (χ2n) is 4.30. The van der Waals surface area contributed by atoms with Crippen molar-refractivity contribution in [2.75, 3.05) is 6.61 Å². The minimum absolute atomic E-state index is 0.465. The smallest absolute Gasteiger partial charge is 0.119 e. The highest BCUT2D eigenvalue weighted by molar-refractivity contribution is 5.28. The summed E-state index contributed by atoms with van der Waals surface area (Å²) in [4.78, 5) is 0. The van der Waals surface area contributed by atoms with Crippen molar-refractivity contribution in [2.24, 2.45) is 0 Å². The average molecular weight is 233 g/mol. The lowest BCUT2D eigenvalue weighted by Gasteiger charge is -2.12. The van der Waals surface area contributed by atoms with Gasteiger partial charge in [-0.2, -0.15) is 0 Å². The van der Waals surface area contributed by atoms with Gasteiger partial charge in [0.2, 0.25) is 0 Å². The molecule has 1 unspecified atom stereocenters. The fraction of sp³-hybridized carbons (Fsp3) is 0.467. The molecule has 1 atom stereocenters. The van der Waals surface area contributed by atoms with Gasteiger partial charge in [0, 0.05) is 12.6 Å². The fourth-order valence-electron chi connectivity index (χ4n) is 1.59. The molecule has 0 aliphatic rings. The maximum Gasteiger partial charge on any atom is 0.119 e. The summed E-state index contributed by atoms with van der Waals surface area (Å²) in [5, 5.41) is 3.46. The van der Waals surface area contributed by atoms with E-state index in [1.165, 1.54) is 5.56 Å². The zero-order valence-electron chi connectivity index (χ0n) is 10.9. The van der Waals surface area contributed by atoms with E-state index in [-0.39, 0.29) is 0 Å². The van der Waals surface area contributed by atoms with Crippen LogP contribution in [0, 0.1) is 0 Å². The topological polar surface area (TPSA) is 21.3 Å². The predicted molar refractivity (Wildman–Crippen MR) is 73.3 cm³/mol. The number of benzene rings is 1. The van der Waals surface area contributed by atoms with Gasteiger partial charge in [-0.3, -0.25) is 0 Å². The molecule has 0 saturated carbocycles. The minimum atomic E-state index is 0.465. The molecule has 0 aliphatic heterocycles. The molecule has 0 heterocycles. The molecule has 17 heavy (non-hydrogen) atoms. The number of ether oxygens (including phenoxy) is 1. The van der Waals surface area contributed by atoms with E-state index >= 15 is 0 Å². The summed E-state index contributed by atoms with van der Waals surface area (Å²) in [7, 11) is 0. The third-order valence-electron chi connectivity index (χ3n) is 2.55. The van der Waals surface area contributed by atoms with Gasteiger partial charge in [-0.05, 0) is 37.5 Å². The summed E-state index contributed by atoms with van der Waals surface area (Å²) in [6, 6.07) is 8.73. The molecule has 0 spiro atoms. The van der Waals surface area contributed by atoms with Gasteiger partial charge in [0.05, 0.1) is 6.61 Å². The number of hydrogen-bond acceptors (Lipinski definition) is 2. The second kappa shape index (κ2) is 7.91. The maximum atomic E-state index is 5.61. The summed E-state index contributed by atoms with van der Waals surface area (Å²) in [6.45, 7) is 9.68. The van der Waals surface area contributed by atoms with E-state index in [0.717, 1.165) is 31.7 Å². The molecule has 1 rings (SSSR count). The summed E-state index contributed by atoms with van der Waals surface area (Å²) >= 11 is 0. The molecule has 1 aromatic carbocycles. The van der Waals surface area contributed by atoms with Crippen molar-refractivity contribution in [3.05, 3.63) is 42.5 Å². The molecule has 2 heteroatoms. The Morgan fingerprint density at radius 1 is 1.47 bits per heavy atom. The highest BCUT2D eigenvalue weighted by atomic mass is 16.5. The van der Waals surface area contributed by atoms with E-state index in [0.29, 0.717) is 6.04 Å². The zero-order chi connectivity index (χ0) is 12.5.